The van der Waals surface area contributed by atoms with Crippen molar-refractivity contribution in [1.29, 1.82) is 0 Å². The number of phenolic OH excluding ortho intramolecular Hbond substituents is 1. The number of nitrogens with zero attached hydrogens (tertiary/aromatic N) is 2. The molecular weight excluding hydrogens is 320 g/mol. The van der Waals surface area contributed by atoms with Gasteiger partial charge in [-0.2, -0.15) is 4.98 Å². The van der Waals surface area contributed by atoms with Crippen LogP contribution in [0.3, 0.4) is 0 Å². The van der Waals surface area contributed by atoms with Crippen molar-refractivity contribution >= 4 is 11.6 Å². The van der Waals surface area contributed by atoms with Crippen LogP contribution >= 0.6 is 0 Å². The molecule has 1 aromatic heterocycles. The minimum atomic E-state index is -1.32. The molecule has 3 rings (SSSR count). The van der Waals surface area contributed by atoms with E-state index in [-0.39, 0.29) is 5.69 Å². The number of hydrogen-bond donors (Lipinski definition) is 2. The molecule has 6 nitrogen and oxygen atoms in total. The minimum absolute atomic E-state index is 0.280. The molecule has 2 aromatic carbocycles. The Balaban J connectivity index is 1.89. The Morgan fingerprint density at radius 3 is 2.75 bits per heavy atom. The minimum Gasteiger partial charge on any atom is -0.505 e. The molecule has 0 bridgehead atoms. The maximum atomic E-state index is 13.8. The van der Waals surface area contributed by atoms with Crippen molar-refractivity contribution in [3.05, 3.63) is 59.5 Å². The van der Waals surface area contributed by atoms with Gasteiger partial charge in [-0.15, -0.1) is 0 Å². The van der Waals surface area contributed by atoms with Gasteiger partial charge in [0, 0.05) is 18.2 Å². The number of aromatic nitrogens is 2. The quantitative estimate of drug-likeness (QED) is 0.769. The van der Waals surface area contributed by atoms with Gasteiger partial charge in [0.15, 0.2) is 11.6 Å². The maximum absolute atomic E-state index is 13.8. The average Bonchev–Trinajstić information content (AvgIpc) is 2.98. The molecule has 8 heteroatoms. The van der Waals surface area contributed by atoms with Gasteiger partial charge in [0.25, 0.3) is 5.91 Å². The lowest BCUT2D eigenvalue weighted by Gasteiger charge is -2.08. The van der Waals surface area contributed by atoms with E-state index in [0.29, 0.717) is 17.3 Å². The average molecular weight is 331 g/mol. The van der Waals surface area contributed by atoms with Gasteiger partial charge in [0.1, 0.15) is 11.4 Å². The molecule has 1 amide bonds. The first-order valence-electron chi connectivity index (χ1n) is 6.85. The Kier molecular flexibility index (Phi) is 3.95. The van der Waals surface area contributed by atoms with E-state index in [1.54, 1.807) is 19.1 Å². The van der Waals surface area contributed by atoms with E-state index in [9.17, 15) is 18.7 Å². The number of benzene rings is 2. The third-order valence-corrected chi connectivity index (χ3v) is 3.20. The number of halogens is 2. The third-order valence-electron chi connectivity index (χ3n) is 3.20. The van der Waals surface area contributed by atoms with Gasteiger partial charge < -0.3 is 14.9 Å². The van der Waals surface area contributed by atoms with E-state index in [0.717, 1.165) is 12.1 Å². The van der Waals surface area contributed by atoms with E-state index < -0.39 is 28.9 Å². The molecule has 122 valence electrons. The number of carbonyl (C=O) groups excluding carboxylic acids is 1. The number of anilines is 1. The van der Waals surface area contributed by atoms with E-state index in [4.69, 9.17) is 4.52 Å². The molecule has 0 fully saturated rings. The Morgan fingerprint density at radius 1 is 1.25 bits per heavy atom. The number of hydrogen-bond acceptors (Lipinski definition) is 5. The maximum Gasteiger partial charge on any atom is 0.261 e. The standard InChI is InChI=1S/C16H11F2N3O3/c1-8-19-15(21-24-8)9-3-2-4-10(7-9)20-16(23)13-11(17)5-6-12(22)14(13)18/h2-7,22H,1H3,(H,20,23). The number of phenols is 1. The number of aryl methyl sites for hydroxylation is 1. The summed E-state index contributed by atoms with van der Waals surface area (Å²) < 4.78 is 32.3. The molecule has 0 saturated carbocycles. The highest BCUT2D eigenvalue weighted by molar-refractivity contribution is 6.05. The molecule has 1 heterocycles. The number of rotatable bonds is 3. The SMILES string of the molecule is Cc1nc(-c2cccc(NC(=O)c3c(F)ccc(O)c3F)c2)no1. The Morgan fingerprint density at radius 2 is 2.04 bits per heavy atom. The van der Waals surface area contributed by atoms with Gasteiger partial charge in [-0.05, 0) is 24.3 Å². The van der Waals surface area contributed by atoms with Gasteiger partial charge in [-0.25, -0.2) is 8.78 Å². The van der Waals surface area contributed by atoms with Crippen molar-refractivity contribution in [2.45, 2.75) is 6.92 Å². The summed E-state index contributed by atoms with van der Waals surface area (Å²) >= 11 is 0. The summed E-state index contributed by atoms with van der Waals surface area (Å²) in [5.74, 6) is -3.54. The summed E-state index contributed by atoms with van der Waals surface area (Å²) in [5.41, 5.74) is -0.0283. The van der Waals surface area contributed by atoms with Crippen LogP contribution in [-0.2, 0) is 0 Å². The van der Waals surface area contributed by atoms with Gasteiger partial charge in [-0.1, -0.05) is 17.3 Å². The van der Waals surface area contributed by atoms with Crippen LogP contribution < -0.4 is 5.32 Å². The van der Waals surface area contributed by atoms with E-state index in [1.165, 1.54) is 12.1 Å². The first-order valence-corrected chi connectivity index (χ1v) is 6.85. The molecule has 24 heavy (non-hydrogen) atoms. The van der Waals surface area contributed by atoms with Crippen molar-refractivity contribution < 1.29 is 23.2 Å². The molecule has 3 aromatic rings. The molecule has 0 radical (unpaired) electrons. The molecular formula is C16H11F2N3O3. The fourth-order valence-corrected chi connectivity index (χ4v) is 2.10. The van der Waals surface area contributed by atoms with Crippen molar-refractivity contribution in [1.82, 2.24) is 10.1 Å². The predicted molar refractivity (Wildman–Crippen MR) is 80.4 cm³/mol. The topological polar surface area (TPSA) is 88.2 Å². The fourth-order valence-electron chi connectivity index (χ4n) is 2.10. The zero-order valence-corrected chi connectivity index (χ0v) is 12.4. The normalized spacial score (nSPS) is 10.6. The van der Waals surface area contributed by atoms with Crippen LogP contribution in [0.2, 0.25) is 0 Å². The van der Waals surface area contributed by atoms with Crippen LogP contribution in [0, 0.1) is 18.6 Å². The molecule has 0 unspecified atom stereocenters. The zero-order chi connectivity index (χ0) is 17.3. The van der Waals surface area contributed by atoms with Crippen molar-refractivity contribution in [2.24, 2.45) is 0 Å². The summed E-state index contributed by atoms with van der Waals surface area (Å²) in [6.07, 6.45) is 0. The number of carbonyl (C=O) groups is 1. The van der Waals surface area contributed by atoms with E-state index in [1.807, 2.05) is 0 Å². The number of nitrogens with one attached hydrogen (secondary N) is 1. The monoisotopic (exact) mass is 331 g/mol. The van der Waals surface area contributed by atoms with E-state index >= 15 is 0 Å². The number of amides is 1. The highest BCUT2D eigenvalue weighted by atomic mass is 19.1. The van der Waals surface area contributed by atoms with Crippen LogP contribution in [0.25, 0.3) is 11.4 Å². The molecule has 0 saturated heterocycles. The molecule has 2 N–H and O–H groups in total. The molecule has 0 aliphatic heterocycles. The van der Waals surface area contributed by atoms with Gasteiger partial charge >= 0.3 is 0 Å². The summed E-state index contributed by atoms with van der Waals surface area (Å²) in [6.45, 7) is 1.63. The molecule has 0 atom stereocenters. The van der Waals surface area contributed by atoms with Crippen LogP contribution in [0.15, 0.2) is 40.9 Å². The predicted octanol–water partition coefficient (Wildman–Crippen LogP) is 3.28. The second-order valence-electron chi connectivity index (χ2n) is 4.93. The van der Waals surface area contributed by atoms with Crippen molar-refractivity contribution in [3.63, 3.8) is 0 Å². The van der Waals surface area contributed by atoms with Crippen LogP contribution in [0.5, 0.6) is 5.75 Å². The van der Waals surface area contributed by atoms with Crippen molar-refractivity contribution in [3.8, 4) is 17.1 Å². The van der Waals surface area contributed by atoms with Gasteiger partial charge in [-0.3, -0.25) is 4.79 Å². The van der Waals surface area contributed by atoms with Gasteiger partial charge in [0.05, 0.1) is 0 Å². The summed E-state index contributed by atoms with van der Waals surface area (Å²) in [6, 6.07) is 8.02. The lowest BCUT2D eigenvalue weighted by molar-refractivity contribution is 0.101. The van der Waals surface area contributed by atoms with Crippen LogP contribution in [0.1, 0.15) is 16.2 Å². The first kappa shape index (κ1) is 15.6. The van der Waals surface area contributed by atoms with Crippen LogP contribution in [0.4, 0.5) is 14.5 Å². The zero-order valence-electron chi connectivity index (χ0n) is 12.4. The second-order valence-corrected chi connectivity index (χ2v) is 4.93. The Bertz CT molecular complexity index is 925. The summed E-state index contributed by atoms with van der Waals surface area (Å²) in [5, 5.41) is 15.4. The smallest absolute Gasteiger partial charge is 0.261 e. The highest BCUT2D eigenvalue weighted by Crippen LogP contribution is 2.24. The Labute approximate surface area is 134 Å². The summed E-state index contributed by atoms with van der Waals surface area (Å²) in [7, 11) is 0. The molecule has 0 aliphatic carbocycles. The van der Waals surface area contributed by atoms with Gasteiger partial charge in [0.2, 0.25) is 11.7 Å². The highest BCUT2D eigenvalue weighted by Gasteiger charge is 2.20. The number of aromatic hydroxyl groups is 1. The van der Waals surface area contributed by atoms with Crippen LogP contribution in [-0.4, -0.2) is 21.2 Å². The van der Waals surface area contributed by atoms with E-state index in [2.05, 4.69) is 15.5 Å². The van der Waals surface area contributed by atoms with Crippen molar-refractivity contribution in [2.75, 3.05) is 5.32 Å². The molecule has 0 aliphatic rings. The largest absolute Gasteiger partial charge is 0.505 e. The molecule has 0 spiro atoms. The first-order chi connectivity index (χ1) is 11.5. The third kappa shape index (κ3) is 2.94. The second kappa shape index (κ2) is 6.07. The fraction of sp³-hybridized carbons (Fsp3) is 0.0625. The summed E-state index contributed by atoms with van der Waals surface area (Å²) in [4.78, 5) is 16.2. The lowest BCUT2D eigenvalue weighted by atomic mass is 10.1. The lowest BCUT2D eigenvalue weighted by Crippen LogP contribution is -2.16. The Hall–Kier alpha value is -3.29.